The fourth-order valence-electron chi connectivity index (χ4n) is 14.2. The number of hydrogen-bond acceptors (Lipinski definition) is 1. The molecule has 1 aromatic heterocycles. The molecule has 13 aromatic rings. The van der Waals surface area contributed by atoms with E-state index in [2.05, 4.69) is 301 Å². The fraction of sp³-hybridized carbons (Fsp3) is 0.0270. The quantitative estimate of drug-likeness (QED) is 0.155. The molecule has 3 aliphatic rings. The third-order valence-corrected chi connectivity index (χ3v) is 17.1. The third kappa shape index (κ3) is 5.70. The van der Waals surface area contributed by atoms with Crippen molar-refractivity contribution in [3.8, 4) is 50.2 Å². The molecule has 16 rings (SSSR count). The topological polar surface area (TPSA) is 8.17 Å². The number of nitrogens with zero attached hydrogens (tertiary/aromatic N) is 2. The van der Waals surface area contributed by atoms with Gasteiger partial charge in [-0.25, -0.2) is 0 Å². The van der Waals surface area contributed by atoms with E-state index >= 15 is 0 Å². The lowest BCUT2D eigenvalue weighted by atomic mass is 9.65. The summed E-state index contributed by atoms with van der Waals surface area (Å²) < 4.78 is 2.56. The standard InChI is InChI=1S/C74H48N2/c1-4-23-49(24-5-1)50-25-20-26-51(47-50)55-31-13-18-42-67(55)75(70-44-22-40-64-71(70)60-35-12-17-39-63(60)73(64,52-27-6-2-7-28-52)53-29-8-3-9-30-53)54-45-46-69-66(48-54)74(61-37-15-10-32-56(61)57-33-11-16-38-62(57)74)65-41-21-36-59-58-34-14-19-43-68(58)76(69)72(59)65/h1-48H. The van der Waals surface area contributed by atoms with Crippen LogP contribution in [0.3, 0.4) is 0 Å². The summed E-state index contributed by atoms with van der Waals surface area (Å²) in [7, 11) is 0. The molecule has 0 saturated heterocycles. The molecule has 0 unspecified atom stereocenters. The van der Waals surface area contributed by atoms with Crippen LogP contribution in [0.2, 0.25) is 0 Å². The zero-order chi connectivity index (χ0) is 50.0. The first-order valence-corrected chi connectivity index (χ1v) is 26.5. The van der Waals surface area contributed by atoms with Gasteiger partial charge in [-0.05, 0) is 120 Å². The summed E-state index contributed by atoms with van der Waals surface area (Å²) in [4.78, 5) is 2.59. The van der Waals surface area contributed by atoms with Crippen molar-refractivity contribution in [2.75, 3.05) is 4.90 Å². The van der Waals surface area contributed by atoms with Crippen molar-refractivity contribution in [2.24, 2.45) is 0 Å². The van der Waals surface area contributed by atoms with E-state index in [0.29, 0.717) is 0 Å². The summed E-state index contributed by atoms with van der Waals surface area (Å²) in [5.41, 5.74) is 25.7. The van der Waals surface area contributed by atoms with E-state index in [1.54, 1.807) is 0 Å². The Morgan fingerprint density at radius 3 is 1.51 bits per heavy atom. The molecule has 0 fully saturated rings. The van der Waals surface area contributed by atoms with Gasteiger partial charge >= 0.3 is 0 Å². The molecule has 0 radical (unpaired) electrons. The molecule has 354 valence electrons. The van der Waals surface area contributed by atoms with Gasteiger partial charge in [0.05, 0.1) is 38.9 Å². The van der Waals surface area contributed by atoms with Gasteiger partial charge in [-0.3, -0.25) is 0 Å². The van der Waals surface area contributed by atoms with Gasteiger partial charge in [0.1, 0.15) is 0 Å². The van der Waals surface area contributed by atoms with Crippen molar-refractivity contribution in [1.82, 2.24) is 4.57 Å². The minimum absolute atomic E-state index is 0.582. The van der Waals surface area contributed by atoms with Crippen molar-refractivity contribution < 1.29 is 0 Å². The maximum absolute atomic E-state index is 2.59. The molecule has 0 N–H and O–H groups in total. The van der Waals surface area contributed by atoms with E-state index < -0.39 is 10.8 Å². The van der Waals surface area contributed by atoms with Gasteiger partial charge in [0.25, 0.3) is 0 Å². The number of para-hydroxylation sites is 3. The summed E-state index contributed by atoms with van der Waals surface area (Å²) in [6.45, 7) is 0. The van der Waals surface area contributed by atoms with Crippen LogP contribution in [-0.4, -0.2) is 4.57 Å². The van der Waals surface area contributed by atoms with Gasteiger partial charge in [0, 0.05) is 27.6 Å². The fourth-order valence-corrected chi connectivity index (χ4v) is 14.2. The summed E-state index contributed by atoms with van der Waals surface area (Å²) >= 11 is 0. The van der Waals surface area contributed by atoms with Crippen LogP contribution in [0.25, 0.3) is 72.0 Å². The lowest BCUT2D eigenvalue weighted by molar-refractivity contribution is 0.748. The smallest absolute Gasteiger partial charge is 0.0755 e. The van der Waals surface area contributed by atoms with E-state index in [1.165, 1.54) is 105 Å². The molecular weight excluding hydrogens is 917 g/mol. The molecule has 2 nitrogen and oxygen atoms in total. The highest BCUT2D eigenvalue weighted by molar-refractivity contribution is 6.13. The van der Waals surface area contributed by atoms with Gasteiger partial charge in [0.2, 0.25) is 0 Å². The third-order valence-electron chi connectivity index (χ3n) is 17.1. The molecule has 2 heteroatoms. The molecule has 0 amide bonds. The van der Waals surface area contributed by atoms with E-state index in [1.807, 2.05) is 0 Å². The Morgan fingerprint density at radius 2 is 0.789 bits per heavy atom. The van der Waals surface area contributed by atoms with Crippen molar-refractivity contribution in [1.29, 1.82) is 0 Å². The molecule has 0 saturated carbocycles. The SMILES string of the molecule is c1ccc(-c2cccc(-c3ccccc3N(c3ccc4c(c3)C3(c5ccccc5-c5ccccc53)c3cccc5c6ccccc6n-4c35)c3cccc4c3-c3ccccc3C4(c3ccccc3)c3ccccc3)c2)cc1. The average molecular weight is 965 g/mol. The monoisotopic (exact) mass is 964 g/mol. The first-order chi connectivity index (χ1) is 37.7. The Balaban J connectivity index is 1.04. The van der Waals surface area contributed by atoms with Crippen LogP contribution in [0.15, 0.2) is 291 Å². The van der Waals surface area contributed by atoms with Crippen LogP contribution < -0.4 is 4.90 Å². The molecule has 0 atom stereocenters. The highest BCUT2D eigenvalue weighted by Crippen LogP contribution is 2.63. The second kappa shape index (κ2) is 16.4. The van der Waals surface area contributed by atoms with E-state index in [9.17, 15) is 0 Å². The number of rotatable bonds is 7. The minimum atomic E-state index is -0.626. The second-order valence-electron chi connectivity index (χ2n) is 20.6. The van der Waals surface area contributed by atoms with E-state index in [4.69, 9.17) is 0 Å². The lowest BCUT2D eigenvalue weighted by Gasteiger charge is -2.40. The number of anilines is 3. The summed E-state index contributed by atoms with van der Waals surface area (Å²) in [6, 6.07) is 109. The highest BCUT2D eigenvalue weighted by atomic mass is 15.2. The van der Waals surface area contributed by atoms with Gasteiger partial charge < -0.3 is 9.47 Å². The van der Waals surface area contributed by atoms with Crippen LogP contribution >= 0.6 is 0 Å². The predicted molar refractivity (Wildman–Crippen MR) is 315 cm³/mol. The van der Waals surface area contributed by atoms with Gasteiger partial charge in [0.15, 0.2) is 0 Å². The average Bonchev–Trinajstić information content (AvgIpc) is 4.21. The molecule has 0 bridgehead atoms. The van der Waals surface area contributed by atoms with Crippen LogP contribution in [-0.2, 0) is 10.8 Å². The molecule has 1 aliphatic heterocycles. The number of aromatic nitrogens is 1. The van der Waals surface area contributed by atoms with Gasteiger partial charge in [-0.15, -0.1) is 0 Å². The Kier molecular flexibility index (Phi) is 9.20. The predicted octanol–water partition coefficient (Wildman–Crippen LogP) is 18.6. The van der Waals surface area contributed by atoms with Crippen molar-refractivity contribution in [3.05, 3.63) is 336 Å². The summed E-state index contributed by atoms with van der Waals surface area (Å²) in [6.07, 6.45) is 0. The van der Waals surface area contributed by atoms with Crippen molar-refractivity contribution in [3.63, 3.8) is 0 Å². The van der Waals surface area contributed by atoms with Crippen molar-refractivity contribution >= 4 is 38.9 Å². The maximum atomic E-state index is 2.59. The first kappa shape index (κ1) is 42.7. The van der Waals surface area contributed by atoms with Crippen LogP contribution in [0.4, 0.5) is 17.1 Å². The van der Waals surface area contributed by atoms with Gasteiger partial charge in [-0.1, -0.05) is 249 Å². The minimum Gasteiger partial charge on any atom is -0.309 e. The number of fused-ring (bicyclic) bond motifs is 15. The largest absolute Gasteiger partial charge is 0.309 e. The highest BCUT2D eigenvalue weighted by Gasteiger charge is 2.52. The zero-order valence-corrected chi connectivity index (χ0v) is 41.6. The lowest BCUT2D eigenvalue weighted by Crippen LogP contribution is -2.33. The van der Waals surface area contributed by atoms with Crippen LogP contribution in [0.5, 0.6) is 0 Å². The van der Waals surface area contributed by atoms with E-state index in [0.717, 1.165) is 28.2 Å². The maximum Gasteiger partial charge on any atom is 0.0755 e. The Labute approximate surface area is 442 Å². The number of hydrogen-bond donors (Lipinski definition) is 0. The summed E-state index contributed by atoms with van der Waals surface area (Å²) in [5.74, 6) is 0. The molecule has 2 aliphatic carbocycles. The molecular formula is C74H48N2. The molecule has 2 heterocycles. The zero-order valence-electron chi connectivity index (χ0n) is 41.6. The first-order valence-electron chi connectivity index (χ1n) is 26.5. The van der Waals surface area contributed by atoms with Gasteiger partial charge in [-0.2, -0.15) is 0 Å². The molecule has 12 aromatic carbocycles. The Morgan fingerprint density at radius 1 is 0.289 bits per heavy atom. The van der Waals surface area contributed by atoms with Crippen LogP contribution in [0.1, 0.15) is 44.5 Å². The van der Waals surface area contributed by atoms with E-state index in [-0.39, 0.29) is 0 Å². The van der Waals surface area contributed by atoms with Crippen molar-refractivity contribution in [2.45, 2.75) is 10.8 Å². The summed E-state index contributed by atoms with van der Waals surface area (Å²) in [5, 5.41) is 2.54. The normalized spacial score (nSPS) is 13.7. The Hall–Kier alpha value is -9.76. The number of benzene rings is 12. The second-order valence-corrected chi connectivity index (χ2v) is 20.6. The van der Waals surface area contributed by atoms with Crippen LogP contribution in [0, 0.1) is 0 Å². The molecule has 76 heavy (non-hydrogen) atoms. The molecule has 1 spiro atoms. The Bertz CT molecular complexity index is 4380.